The lowest BCUT2D eigenvalue weighted by atomic mass is 9.88. The number of halogens is 2. The van der Waals surface area contributed by atoms with Crippen LogP contribution in [0.4, 0.5) is 0 Å². The van der Waals surface area contributed by atoms with Gasteiger partial charge in [-0.3, -0.25) is 9.59 Å². The van der Waals surface area contributed by atoms with Crippen LogP contribution in [0.25, 0.3) is 10.9 Å². The van der Waals surface area contributed by atoms with Crippen LogP contribution >= 0.6 is 23.2 Å². The fourth-order valence-corrected chi connectivity index (χ4v) is 4.52. The van der Waals surface area contributed by atoms with Crippen LogP contribution in [-0.4, -0.2) is 41.8 Å². The number of hydrogen-bond acceptors (Lipinski definition) is 3. The zero-order valence-corrected chi connectivity index (χ0v) is 17.7. The first-order valence-corrected chi connectivity index (χ1v) is 10.1. The first-order valence-electron chi connectivity index (χ1n) is 9.35. The van der Waals surface area contributed by atoms with E-state index in [0.29, 0.717) is 27.8 Å². The second-order valence-corrected chi connectivity index (χ2v) is 8.43. The van der Waals surface area contributed by atoms with Crippen LogP contribution in [0.5, 0.6) is 0 Å². The van der Waals surface area contributed by atoms with Crippen molar-refractivity contribution in [3.63, 3.8) is 0 Å². The first-order chi connectivity index (χ1) is 13.8. The zero-order valence-electron chi connectivity index (χ0n) is 16.2. The highest BCUT2D eigenvalue weighted by Gasteiger charge is 2.40. The summed E-state index contributed by atoms with van der Waals surface area (Å²) < 4.78 is 1.83. The van der Waals surface area contributed by atoms with Crippen molar-refractivity contribution in [2.75, 3.05) is 20.1 Å². The molecule has 7 heteroatoms. The normalized spacial score (nSPS) is 19.6. The molecule has 0 radical (unpaired) electrons. The Morgan fingerprint density at radius 3 is 2.48 bits per heavy atom. The number of amides is 1. The third-order valence-electron chi connectivity index (χ3n) is 5.76. The van der Waals surface area contributed by atoms with Crippen LogP contribution in [0.2, 0.25) is 10.0 Å². The number of hydrogen-bond donors (Lipinski definition) is 1. The average Bonchev–Trinajstić information content (AvgIpc) is 3.26. The molecule has 0 spiro atoms. The molecule has 1 N–H and O–H groups in total. The maximum Gasteiger partial charge on any atom is 0.268 e. The van der Waals surface area contributed by atoms with E-state index in [0.717, 1.165) is 35.7 Å². The summed E-state index contributed by atoms with van der Waals surface area (Å²) in [5.41, 5.74) is 2.44. The van der Waals surface area contributed by atoms with Gasteiger partial charge in [-0.25, -0.2) is 0 Å². The predicted octanol–water partition coefficient (Wildman–Crippen LogP) is 4.26. The molecule has 1 atom stereocenters. The number of likely N-dealkylation sites (N-methyl/N-ethyl adjacent to an activating group) is 1. The first kappa shape index (κ1) is 20.0. The summed E-state index contributed by atoms with van der Waals surface area (Å²) >= 11 is 12.5. The molecule has 5 nitrogen and oxygen atoms in total. The number of aromatic nitrogens is 1. The predicted molar refractivity (Wildman–Crippen MR) is 116 cm³/mol. The number of fused-ring (bicyclic) bond motifs is 1. The number of rotatable bonds is 4. The number of aryl methyl sites for hydroxylation is 1. The summed E-state index contributed by atoms with van der Waals surface area (Å²) in [6, 6.07) is 12.8. The van der Waals surface area contributed by atoms with Crippen LogP contribution in [0, 0.1) is 0 Å². The van der Waals surface area contributed by atoms with Crippen LogP contribution in [0.1, 0.15) is 32.8 Å². The van der Waals surface area contributed by atoms with E-state index >= 15 is 0 Å². The quantitative estimate of drug-likeness (QED) is 0.630. The van der Waals surface area contributed by atoms with Crippen molar-refractivity contribution in [2.45, 2.75) is 12.0 Å². The van der Waals surface area contributed by atoms with E-state index in [4.69, 9.17) is 23.2 Å². The summed E-state index contributed by atoms with van der Waals surface area (Å²) in [6.07, 6.45) is 1.60. The van der Waals surface area contributed by atoms with Crippen molar-refractivity contribution in [3.8, 4) is 0 Å². The molecule has 1 aliphatic rings. The molecule has 0 aliphatic carbocycles. The van der Waals surface area contributed by atoms with Gasteiger partial charge in [0.15, 0.2) is 0 Å². The van der Waals surface area contributed by atoms with Gasteiger partial charge in [0, 0.05) is 36.6 Å². The van der Waals surface area contributed by atoms with Gasteiger partial charge in [0.25, 0.3) is 5.91 Å². The maximum atomic E-state index is 13.3. The van der Waals surface area contributed by atoms with Crippen LogP contribution in [0.15, 0.2) is 42.5 Å². The third-order valence-corrected chi connectivity index (χ3v) is 6.58. The number of nitrogens with zero attached hydrogens (tertiary/aromatic N) is 2. The Labute approximate surface area is 179 Å². The summed E-state index contributed by atoms with van der Waals surface area (Å²) in [5.74, 6) is -0.175. The number of likely N-dealkylation sites (tertiary alicyclic amines) is 1. The van der Waals surface area contributed by atoms with Gasteiger partial charge in [0.05, 0.1) is 15.6 Å². The summed E-state index contributed by atoms with van der Waals surface area (Å²) in [6.45, 7) is 1.56. The van der Waals surface area contributed by atoms with Gasteiger partial charge in [0.1, 0.15) is 12.0 Å². The molecule has 150 valence electrons. The van der Waals surface area contributed by atoms with Crippen molar-refractivity contribution in [1.82, 2.24) is 14.8 Å². The minimum atomic E-state index is -0.523. The Balaban J connectivity index is 1.72. The second kappa shape index (κ2) is 7.48. The molecular formula is C22H21Cl2N3O2. The summed E-state index contributed by atoms with van der Waals surface area (Å²) in [4.78, 5) is 26.5. The molecule has 3 aromatic rings. The monoisotopic (exact) mass is 429 g/mol. The minimum absolute atomic E-state index is 0.175. The molecule has 1 fully saturated rings. The highest BCUT2D eigenvalue weighted by Crippen LogP contribution is 2.34. The van der Waals surface area contributed by atoms with Gasteiger partial charge >= 0.3 is 0 Å². The van der Waals surface area contributed by atoms with Gasteiger partial charge in [0.2, 0.25) is 0 Å². The lowest BCUT2D eigenvalue weighted by molar-refractivity contribution is 0.0891. The molecule has 1 amide bonds. The molecule has 2 aromatic carbocycles. The molecular weight excluding hydrogens is 409 g/mol. The highest BCUT2D eigenvalue weighted by atomic mass is 35.5. The van der Waals surface area contributed by atoms with Crippen LogP contribution < -0.4 is 5.32 Å². The van der Waals surface area contributed by atoms with E-state index in [-0.39, 0.29) is 5.91 Å². The molecule has 1 saturated heterocycles. The molecule has 1 unspecified atom stereocenters. The van der Waals surface area contributed by atoms with Gasteiger partial charge < -0.3 is 14.8 Å². The van der Waals surface area contributed by atoms with Crippen LogP contribution in [-0.2, 0) is 12.6 Å². The van der Waals surface area contributed by atoms with Crippen molar-refractivity contribution >= 4 is 46.3 Å². The number of benzene rings is 2. The standard InChI is InChI=1S/C22H21Cl2N3O2/c1-26-10-9-22(13-26,15-5-3-14(12-28)4-6-15)25-21(29)19-11-16-18(27(19)2)8-7-17(23)20(16)24/h3-8,11-12H,9-10,13H2,1-2H3,(H,25,29). The van der Waals surface area contributed by atoms with Crippen molar-refractivity contribution < 1.29 is 9.59 Å². The molecule has 0 saturated carbocycles. The van der Waals surface area contributed by atoms with Gasteiger partial charge in [-0.2, -0.15) is 0 Å². The van der Waals surface area contributed by atoms with E-state index < -0.39 is 5.54 Å². The van der Waals surface area contributed by atoms with Gasteiger partial charge in [-0.05, 0) is 37.2 Å². The molecule has 1 aliphatic heterocycles. The van der Waals surface area contributed by atoms with E-state index in [1.807, 2.05) is 36.9 Å². The Hall–Kier alpha value is -2.34. The SMILES string of the molecule is CN1CCC(NC(=O)c2cc3c(Cl)c(Cl)ccc3n2C)(c2ccc(C=O)cc2)C1. The fourth-order valence-electron chi connectivity index (χ4n) is 4.14. The van der Waals surface area contributed by atoms with Crippen LogP contribution in [0.3, 0.4) is 0 Å². The lowest BCUT2D eigenvalue weighted by Crippen LogP contribution is -2.48. The molecule has 1 aromatic heterocycles. The molecule has 2 heterocycles. The highest BCUT2D eigenvalue weighted by molar-refractivity contribution is 6.45. The Morgan fingerprint density at radius 1 is 1.14 bits per heavy atom. The Morgan fingerprint density at radius 2 is 1.86 bits per heavy atom. The van der Waals surface area contributed by atoms with Gasteiger partial charge in [-0.15, -0.1) is 0 Å². The van der Waals surface area contributed by atoms with E-state index in [2.05, 4.69) is 10.2 Å². The number of carbonyl (C=O) groups excluding carboxylic acids is 2. The Bertz CT molecular complexity index is 1110. The average molecular weight is 430 g/mol. The third kappa shape index (κ3) is 3.44. The van der Waals surface area contributed by atoms with Gasteiger partial charge in [-0.1, -0.05) is 47.5 Å². The van der Waals surface area contributed by atoms with E-state index in [1.54, 1.807) is 24.3 Å². The Kier molecular flexibility index (Phi) is 5.15. The fraction of sp³-hybridized carbons (Fsp3) is 0.273. The topological polar surface area (TPSA) is 54.3 Å². The lowest BCUT2D eigenvalue weighted by Gasteiger charge is -2.31. The summed E-state index contributed by atoms with van der Waals surface area (Å²) in [5, 5.41) is 4.91. The molecule has 4 rings (SSSR count). The molecule has 0 bridgehead atoms. The zero-order chi connectivity index (χ0) is 20.8. The van der Waals surface area contributed by atoms with E-state index in [1.165, 1.54) is 0 Å². The smallest absolute Gasteiger partial charge is 0.268 e. The van der Waals surface area contributed by atoms with Crippen molar-refractivity contribution in [3.05, 3.63) is 69.3 Å². The molecule has 29 heavy (non-hydrogen) atoms. The van der Waals surface area contributed by atoms with Crippen molar-refractivity contribution in [1.29, 1.82) is 0 Å². The largest absolute Gasteiger partial charge is 0.340 e. The van der Waals surface area contributed by atoms with Crippen molar-refractivity contribution in [2.24, 2.45) is 7.05 Å². The second-order valence-electron chi connectivity index (χ2n) is 7.65. The minimum Gasteiger partial charge on any atom is -0.340 e. The number of aldehydes is 1. The summed E-state index contributed by atoms with van der Waals surface area (Å²) in [7, 11) is 3.88. The maximum absolute atomic E-state index is 13.3. The van der Waals surface area contributed by atoms with E-state index in [9.17, 15) is 9.59 Å². The number of nitrogens with one attached hydrogen (secondary N) is 1. The number of carbonyl (C=O) groups is 2.